The summed E-state index contributed by atoms with van der Waals surface area (Å²) in [6.45, 7) is 14.1. The molecule has 1 aliphatic rings. The Bertz CT molecular complexity index is 650. The molecule has 1 heterocycles. The van der Waals surface area contributed by atoms with E-state index in [0.29, 0.717) is 19.1 Å². The van der Waals surface area contributed by atoms with Gasteiger partial charge in [0.15, 0.2) is 17.5 Å². The maximum absolute atomic E-state index is 5.96. The largest absolute Gasteiger partial charge is 0.493 e. The predicted octanol–water partition coefficient (Wildman–Crippen LogP) is 3.47. The maximum Gasteiger partial charge on any atom is 0.193 e. The Hall–Kier alpha value is -1.26. The molecule has 0 spiro atoms. The lowest BCUT2D eigenvalue weighted by atomic mass is 10.1. The molecule has 0 amide bonds. The molecule has 0 bridgehead atoms. The Morgan fingerprint density at radius 1 is 1.23 bits per heavy atom. The van der Waals surface area contributed by atoms with Gasteiger partial charge in [0, 0.05) is 39.2 Å². The van der Waals surface area contributed by atoms with Crippen LogP contribution in [0.25, 0.3) is 0 Å². The molecule has 178 valence electrons. The molecule has 1 atom stereocenters. The molecule has 1 aliphatic heterocycles. The van der Waals surface area contributed by atoms with E-state index >= 15 is 0 Å². The molecular formula is C23H41IN4O3. The Morgan fingerprint density at radius 2 is 2.00 bits per heavy atom. The lowest BCUT2D eigenvalue weighted by Crippen LogP contribution is -2.41. The molecule has 1 aromatic rings. The second-order valence-electron chi connectivity index (χ2n) is 7.64. The van der Waals surface area contributed by atoms with Crippen molar-refractivity contribution in [1.29, 1.82) is 0 Å². The Kier molecular flexibility index (Phi) is 13.9. The lowest BCUT2D eigenvalue weighted by molar-refractivity contribution is 0.181. The number of hydrogen-bond donors (Lipinski definition) is 1. The zero-order valence-electron chi connectivity index (χ0n) is 19.9. The van der Waals surface area contributed by atoms with E-state index < -0.39 is 0 Å². The molecule has 1 saturated heterocycles. The number of hydrogen-bond acceptors (Lipinski definition) is 5. The normalized spacial score (nSPS) is 16.2. The summed E-state index contributed by atoms with van der Waals surface area (Å²) in [6, 6.07) is 6.07. The van der Waals surface area contributed by atoms with E-state index in [-0.39, 0.29) is 24.0 Å². The van der Waals surface area contributed by atoms with Crippen molar-refractivity contribution in [2.45, 2.75) is 33.7 Å². The number of nitrogens with one attached hydrogen (secondary N) is 1. The molecule has 8 heteroatoms. The summed E-state index contributed by atoms with van der Waals surface area (Å²) in [6.07, 6.45) is 1.12. The summed E-state index contributed by atoms with van der Waals surface area (Å²) < 4.78 is 17.0. The van der Waals surface area contributed by atoms with E-state index in [1.807, 2.05) is 12.1 Å². The molecule has 1 unspecified atom stereocenters. The third-order valence-electron chi connectivity index (χ3n) is 5.45. The van der Waals surface area contributed by atoms with Crippen molar-refractivity contribution in [2.75, 3.05) is 66.7 Å². The number of methoxy groups -OCH3 is 1. The molecule has 1 aromatic carbocycles. The van der Waals surface area contributed by atoms with Crippen LogP contribution < -0.4 is 14.8 Å². The predicted molar refractivity (Wildman–Crippen MR) is 138 cm³/mol. The second-order valence-corrected chi connectivity index (χ2v) is 7.64. The van der Waals surface area contributed by atoms with Gasteiger partial charge >= 0.3 is 0 Å². The molecule has 0 radical (unpaired) electrons. The average molecular weight is 549 g/mol. The molecule has 0 aromatic heterocycles. The quantitative estimate of drug-likeness (QED) is 0.245. The van der Waals surface area contributed by atoms with Crippen LogP contribution >= 0.6 is 24.0 Å². The van der Waals surface area contributed by atoms with Crippen LogP contribution in [0.4, 0.5) is 0 Å². The van der Waals surface area contributed by atoms with Crippen LogP contribution in [0.1, 0.15) is 32.8 Å². The molecule has 0 aliphatic carbocycles. The molecular weight excluding hydrogens is 507 g/mol. The second kappa shape index (κ2) is 15.5. The SMILES string of the molecule is CCNC(=NCc1ccc(OCCN(CC)CC)c(OC)c1)N(C)CC1CCOC1.I. The summed E-state index contributed by atoms with van der Waals surface area (Å²) in [5.74, 6) is 3.03. The zero-order valence-corrected chi connectivity index (χ0v) is 22.2. The van der Waals surface area contributed by atoms with E-state index in [2.05, 4.69) is 49.0 Å². The summed E-state index contributed by atoms with van der Waals surface area (Å²) in [7, 11) is 3.77. The highest BCUT2D eigenvalue weighted by Gasteiger charge is 2.19. The van der Waals surface area contributed by atoms with Gasteiger partial charge in [0.25, 0.3) is 0 Å². The van der Waals surface area contributed by atoms with Crippen LogP contribution in [0, 0.1) is 5.92 Å². The minimum absolute atomic E-state index is 0. The molecule has 31 heavy (non-hydrogen) atoms. The minimum Gasteiger partial charge on any atom is -0.493 e. The summed E-state index contributed by atoms with van der Waals surface area (Å²) in [5.41, 5.74) is 1.09. The zero-order chi connectivity index (χ0) is 21.8. The minimum atomic E-state index is 0. The van der Waals surface area contributed by atoms with Gasteiger partial charge in [0.1, 0.15) is 6.61 Å². The number of nitrogens with zero attached hydrogens (tertiary/aromatic N) is 3. The first kappa shape index (κ1) is 27.8. The number of rotatable bonds is 12. The van der Waals surface area contributed by atoms with Gasteiger partial charge in [-0.05, 0) is 44.1 Å². The summed E-state index contributed by atoms with van der Waals surface area (Å²) >= 11 is 0. The fourth-order valence-electron chi connectivity index (χ4n) is 3.59. The van der Waals surface area contributed by atoms with E-state index in [4.69, 9.17) is 19.2 Å². The van der Waals surface area contributed by atoms with E-state index in [9.17, 15) is 0 Å². The number of ether oxygens (including phenoxy) is 3. The van der Waals surface area contributed by atoms with Gasteiger partial charge in [0.05, 0.1) is 20.3 Å². The highest BCUT2D eigenvalue weighted by molar-refractivity contribution is 14.0. The van der Waals surface area contributed by atoms with Crippen LogP contribution in [-0.2, 0) is 11.3 Å². The van der Waals surface area contributed by atoms with Gasteiger partial charge in [-0.25, -0.2) is 4.99 Å². The first-order valence-electron chi connectivity index (χ1n) is 11.2. The highest BCUT2D eigenvalue weighted by atomic mass is 127. The van der Waals surface area contributed by atoms with Crippen molar-refractivity contribution in [3.63, 3.8) is 0 Å². The average Bonchev–Trinajstić information content (AvgIpc) is 3.27. The van der Waals surface area contributed by atoms with Crippen molar-refractivity contribution in [1.82, 2.24) is 15.1 Å². The maximum atomic E-state index is 5.96. The number of benzene rings is 1. The number of halogens is 1. The van der Waals surface area contributed by atoms with Gasteiger partial charge < -0.3 is 29.3 Å². The lowest BCUT2D eigenvalue weighted by Gasteiger charge is -2.24. The standard InChI is InChI=1S/C23H40N4O3.HI/c1-6-24-23(26(4)17-20-11-13-29-18-20)25-16-19-9-10-21(22(15-19)28-5)30-14-12-27(7-2)8-3;/h9-10,15,20H,6-8,11-14,16-18H2,1-5H3,(H,24,25);1H. The topological polar surface area (TPSA) is 58.6 Å². The Morgan fingerprint density at radius 3 is 2.61 bits per heavy atom. The first-order chi connectivity index (χ1) is 14.6. The van der Waals surface area contributed by atoms with Gasteiger partial charge in [-0.1, -0.05) is 19.9 Å². The smallest absolute Gasteiger partial charge is 0.193 e. The van der Waals surface area contributed by atoms with Crippen LogP contribution in [0.2, 0.25) is 0 Å². The van der Waals surface area contributed by atoms with E-state index in [0.717, 1.165) is 75.4 Å². The van der Waals surface area contributed by atoms with Gasteiger partial charge in [-0.15, -0.1) is 24.0 Å². The molecule has 2 rings (SSSR count). The number of aliphatic imine (C=N–C) groups is 1. The van der Waals surface area contributed by atoms with Gasteiger partial charge in [-0.3, -0.25) is 0 Å². The van der Waals surface area contributed by atoms with Gasteiger partial charge in [0.2, 0.25) is 0 Å². The van der Waals surface area contributed by atoms with Crippen molar-refractivity contribution >= 4 is 29.9 Å². The highest BCUT2D eigenvalue weighted by Crippen LogP contribution is 2.28. The summed E-state index contributed by atoms with van der Waals surface area (Å²) in [5, 5.41) is 3.39. The fraction of sp³-hybridized carbons (Fsp3) is 0.696. The van der Waals surface area contributed by atoms with Crippen LogP contribution in [0.5, 0.6) is 11.5 Å². The molecule has 0 saturated carbocycles. The summed E-state index contributed by atoms with van der Waals surface area (Å²) in [4.78, 5) is 9.36. The van der Waals surface area contributed by atoms with Crippen molar-refractivity contribution in [2.24, 2.45) is 10.9 Å². The van der Waals surface area contributed by atoms with Crippen LogP contribution in [-0.4, -0.2) is 82.5 Å². The van der Waals surface area contributed by atoms with E-state index in [1.165, 1.54) is 0 Å². The van der Waals surface area contributed by atoms with Gasteiger partial charge in [-0.2, -0.15) is 0 Å². The van der Waals surface area contributed by atoms with Crippen molar-refractivity contribution in [3.05, 3.63) is 23.8 Å². The fourth-order valence-corrected chi connectivity index (χ4v) is 3.59. The van der Waals surface area contributed by atoms with Crippen LogP contribution in [0.15, 0.2) is 23.2 Å². The Labute approximate surface area is 205 Å². The number of likely N-dealkylation sites (N-methyl/N-ethyl adjacent to an activating group) is 1. The molecule has 1 N–H and O–H groups in total. The Balaban J connectivity index is 0.00000480. The molecule has 7 nitrogen and oxygen atoms in total. The van der Waals surface area contributed by atoms with Crippen molar-refractivity contribution in [3.8, 4) is 11.5 Å². The van der Waals surface area contributed by atoms with E-state index in [1.54, 1.807) is 7.11 Å². The van der Waals surface area contributed by atoms with Crippen molar-refractivity contribution < 1.29 is 14.2 Å². The number of guanidine groups is 1. The third-order valence-corrected chi connectivity index (χ3v) is 5.45. The third kappa shape index (κ3) is 9.41. The van der Waals surface area contributed by atoms with Crippen LogP contribution in [0.3, 0.4) is 0 Å². The molecule has 1 fully saturated rings. The first-order valence-corrected chi connectivity index (χ1v) is 11.2. The monoisotopic (exact) mass is 548 g/mol.